The third kappa shape index (κ3) is 5.79. The lowest BCUT2D eigenvalue weighted by Gasteiger charge is -2.35. The zero-order valence-corrected chi connectivity index (χ0v) is 17.9. The maximum Gasteiger partial charge on any atom is 0.241 e. The number of amides is 2. The number of likely N-dealkylation sites (tertiary alicyclic amines) is 1. The Morgan fingerprint density at radius 2 is 1.97 bits per heavy atom. The second-order valence-electron chi connectivity index (χ2n) is 7.67. The van der Waals surface area contributed by atoms with Crippen LogP contribution in [-0.4, -0.2) is 47.4 Å². The van der Waals surface area contributed by atoms with Gasteiger partial charge in [-0.3, -0.25) is 14.5 Å². The molecule has 1 aromatic heterocycles. The Morgan fingerprint density at radius 3 is 2.63 bits per heavy atom. The highest BCUT2D eigenvalue weighted by atomic mass is 16.5. The van der Waals surface area contributed by atoms with Crippen molar-refractivity contribution in [2.45, 2.75) is 39.7 Å². The largest absolute Gasteiger partial charge is 0.494 e. The van der Waals surface area contributed by atoms with E-state index in [4.69, 9.17) is 4.74 Å². The Kier molecular flexibility index (Phi) is 7.41. The molecule has 3 rings (SSSR count). The normalized spacial score (nSPS) is 17.8. The lowest BCUT2D eigenvalue weighted by molar-refractivity contribution is -0.125. The van der Waals surface area contributed by atoms with E-state index in [1.165, 1.54) is 0 Å². The van der Waals surface area contributed by atoms with Crippen LogP contribution in [0, 0.1) is 12.8 Å². The predicted octanol–water partition coefficient (Wildman–Crippen LogP) is 3.47. The van der Waals surface area contributed by atoms with Crippen molar-refractivity contribution in [1.29, 1.82) is 0 Å². The fraction of sp³-hybridized carbons (Fsp3) is 0.435. The molecule has 0 unspecified atom stereocenters. The van der Waals surface area contributed by atoms with Crippen LogP contribution >= 0.6 is 0 Å². The molecule has 1 aromatic carbocycles. The van der Waals surface area contributed by atoms with E-state index in [1.807, 2.05) is 51.1 Å². The molecular formula is C23H30N4O3. The zero-order valence-electron chi connectivity index (χ0n) is 17.9. The first-order valence-electron chi connectivity index (χ1n) is 10.5. The summed E-state index contributed by atoms with van der Waals surface area (Å²) >= 11 is 0. The Hall–Kier alpha value is -2.93. The van der Waals surface area contributed by atoms with Crippen LogP contribution in [0.2, 0.25) is 0 Å². The number of benzene rings is 1. The molecule has 7 nitrogen and oxygen atoms in total. The van der Waals surface area contributed by atoms with E-state index in [1.54, 1.807) is 12.3 Å². The summed E-state index contributed by atoms with van der Waals surface area (Å²) in [5.41, 5.74) is 1.77. The summed E-state index contributed by atoms with van der Waals surface area (Å²) in [4.78, 5) is 31.7. The van der Waals surface area contributed by atoms with Gasteiger partial charge >= 0.3 is 0 Å². The van der Waals surface area contributed by atoms with Gasteiger partial charge in [0.25, 0.3) is 0 Å². The van der Waals surface area contributed by atoms with E-state index in [-0.39, 0.29) is 23.8 Å². The first-order chi connectivity index (χ1) is 14.5. The molecule has 0 saturated carbocycles. The number of nitrogens with zero attached hydrogens (tertiary/aromatic N) is 2. The molecule has 1 aliphatic rings. The molecule has 2 heterocycles. The number of hydrogen-bond acceptors (Lipinski definition) is 5. The van der Waals surface area contributed by atoms with Crippen LogP contribution in [0.15, 0.2) is 42.6 Å². The summed E-state index contributed by atoms with van der Waals surface area (Å²) in [5, 5.41) is 5.84. The molecule has 1 saturated heterocycles. The first-order valence-corrected chi connectivity index (χ1v) is 10.5. The number of rotatable bonds is 7. The highest BCUT2D eigenvalue weighted by Gasteiger charge is 2.31. The van der Waals surface area contributed by atoms with Crippen molar-refractivity contribution >= 4 is 23.3 Å². The van der Waals surface area contributed by atoms with Crippen molar-refractivity contribution in [3.05, 3.63) is 48.2 Å². The van der Waals surface area contributed by atoms with Crippen LogP contribution in [0.1, 0.15) is 32.3 Å². The predicted molar refractivity (Wildman–Crippen MR) is 118 cm³/mol. The number of carbonyl (C=O) groups is 2. The molecule has 0 aliphatic carbocycles. The summed E-state index contributed by atoms with van der Waals surface area (Å²) < 4.78 is 5.43. The minimum Gasteiger partial charge on any atom is -0.494 e. The number of nitrogens with one attached hydrogen (secondary N) is 2. The molecule has 2 atom stereocenters. The van der Waals surface area contributed by atoms with Crippen molar-refractivity contribution in [2.75, 3.05) is 30.3 Å². The number of pyridine rings is 1. The minimum absolute atomic E-state index is 0.0461. The van der Waals surface area contributed by atoms with E-state index in [2.05, 4.69) is 20.5 Å². The molecular weight excluding hydrogens is 380 g/mol. The van der Waals surface area contributed by atoms with E-state index in [0.717, 1.165) is 36.4 Å². The third-order valence-corrected chi connectivity index (χ3v) is 5.35. The third-order valence-electron chi connectivity index (χ3n) is 5.35. The summed E-state index contributed by atoms with van der Waals surface area (Å²) in [6, 6.07) is 10.7. The van der Waals surface area contributed by atoms with Gasteiger partial charge in [-0.1, -0.05) is 6.07 Å². The maximum atomic E-state index is 12.7. The van der Waals surface area contributed by atoms with E-state index in [9.17, 15) is 9.59 Å². The van der Waals surface area contributed by atoms with Gasteiger partial charge in [0.15, 0.2) is 0 Å². The van der Waals surface area contributed by atoms with Crippen LogP contribution in [0.5, 0.6) is 5.75 Å². The average molecular weight is 411 g/mol. The van der Waals surface area contributed by atoms with Gasteiger partial charge in [-0.2, -0.15) is 0 Å². The number of ether oxygens (including phenoxy) is 1. The minimum atomic E-state index is -0.329. The molecule has 2 N–H and O–H groups in total. The van der Waals surface area contributed by atoms with Crippen molar-refractivity contribution in [3.63, 3.8) is 0 Å². The lowest BCUT2D eigenvalue weighted by Crippen LogP contribution is -2.49. The molecule has 30 heavy (non-hydrogen) atoms. The van der Waals surface area contributed by atoms with Crippen LogP contribution in [0.3, 0.4) is 0 Å². The molecule has 0 spiro atoms. The summed E-state index contributed by atoms with van der Waals surface area (Å²) in [6.45, 7) is 7.72. The Morgan fingerprint density at radius 1 is 1.20 bits per heavy atom. The number of hydrogen-bond donors (Lipinski definition) is 2. The summed E-state index contributed by atoms with van der Waals surface area (Å²) in [6.07, 6.45) is 3.41. The van der Waals surface area contributed by atoms with Crippen LogP contribution < -0.4 is 15.4 Å². The first kappa shape index (κ1) is 21.8. The van der Waals surface area contributed by atoms with E-state index in [0.29, 0.717) is 19.0 Å². The number of piperidine rings is 1. The average Bonchev–Trinajstić information content (AvgIpc) is 2.76. The van der Waals surface area contributed by atoms with Crippen LogP contribution in [0.25, 0.3) is 0 Å². The fourth-order valence-electron chi connectivity index (χ4n) is 3.56. The second kappa shape index (κ2) is 10.2. The Balaban J connectivity index is 1.54. The summed E-state index contributed by atoms with van der Waals surface area (Å²) in [5.74, 6) is 1.04. The van der Waals surface area contributed by atoms with E-state index >= 15 is 0 Å². The monoisotopic (exact) mass is 410 g/mol. The fourth-order valence-corrected chi connectivity index (χ4v) is 3.56. The molecule has 0 bridgehead atoms. The molecule has 1 fully saturated rings. The van der Waals surface area contributed by atoms with Gasteiger partial charge in [0.05, 0.1) is 18.6 Å². The lowest BCUT2D eigenvalue weighted by atomic mass is 9.96. The maximum absolute atomic E-state index is 12.7. The number of aromatic nitrogens is 1. The molecule has 2 aromatic rings. The quantitative estimate of drug-likeness (QED) is 0.730. The molecule has 1 aliphatic heterocycles. The Bertz CT molecular complexity index is 852. The van der Waals surface area contributed by atoms with Gasteiger partial charge in [0, 0.05) is 18.4 Å². The number of carbonyl (C=O) groups excluding carboxylic acids is 2. The van der Waals surface area contributed by atoms with Gasteiger partial charge < -0.3 is 15.4 Å². The smallest absolute Gasteiger partial charge is 0.241 e. The van der Waals surface area contributed by atoms with Crippen molar-refractivity contribution in [2.24, 2.45) is 5.92 Å². The molecule has 2 amide bonds. The Labute approximate surface area is 177 Å². The highest BCUT2D eigenvalue weighted by molar-refractivity contribution is 5.95. The van der Waals surface area contributed by atoms with Crippen molar-refractivity contribution in [1.82, 2.24) is 9.88 Å². The second-order valence-corrected chi connectivity index (χ2v) is 7.67. The molecule has 160 valence electrons. The summed E-state index contributed by atoms with van der Waals surface area (Å²) in [7, 11) is 0. The van der Waals surface area contributed by atoms with Crippen LogP contribution in [-0.2, 0) is 9.59 Å². The number of anilines is 2. The van der Waals surface area contributed by atoms with Gasteiger partial charge in [0.1, 0.15) is 11.6 Å². The van der Waals surface area contributed by atoms with E-state index < -0.39 is 0 Å². The SMILES string of the molecule is CCOc1ccc(NC(=O)[C@H](C)N2CCC[C@H](C(=O)Nc3ccc(C)cn3)C2)cc1. The van der Waals surface area contributed by atoms with Crippen LogP contribution in [0.4, 0.5) is 11.5 Å². The zero-order chi connectivity index (χ0) is 21.5. The van der Waals surface area contributed by atoms with Gasteiger partial charge in [-0.05, 0) is 76.1 Å². The van der Waals surface area contributed by atoms with Crippen molar-refractivity contribution < 1.29 is 14.3 Å². The van der Waals surface area contributed by atoms with Gasteiger partial charge in [0.2, 0.25) is 11.8 Å². The standard InChI is InChI=1S/C23H30N4O3/c1-4-30-20-10-8-19(9-11-20)25-22(28)17(3)27-13-5-6-18(15-27)23(29)26-21-12-7-16(2)14-24-21/h7-12,14,17-18H,4-6,13,15H2,1-3H3,(H,25,28)(H,24,26,29)/t17-,18-/m0/s1. The topological polar surface area (TPSA) is 83.6 Å². The molecule has 7 heteroatoms. The number of aryl methyl sites for hydroxylation is 1. The molecule has 0 radical (unpaired) electrons. The van der Waals surface area contributed by atoms with Crippen molar-refractivity contribution in [3.8, 4) is 5.75 Å². The van der Waals surface area contributed by atoms with Gasteiger partial charge in [-0.15, -0.1) is 0 Å². The van der Waals surface area contributed by atoms with Gasteiger partial charge in [-0.25, -0.2) is 4.98 Å². The highest BCUT2D eigenvalue weighted by Crippen LogP contribution is 2.21.